The lowest BCUT2D eigenvalue weighted by Crippen LogP contribution is -2.19. The molecule has 5 heteroatoms. The Labute approximate surface area is 214 Å². The molecule has 0 saturated heterocycles. The van der Waals surface area contributed by atoms with E-state index in [0.717, 1.165) is 38.6 Å². The molecule has 1 aromatic heterocycles. The minimum atomic E-state index is -0.473. The molecule has 0 aliphatic rings. The fourth-order valence-corrected chi connectivity index (χ4v) is 5.49. The third-order valence-corrected chi connectivity index (χ3v) is 7.33. The normalized spacial score (nSPS) is 11.6. The minimum Gasteiger partial charge on any atom is -0.497 e. The van der Waals surface area contributed by atoms with Crippen LogP contribution in [0.4, 0.5) is 0 Å². The summed E-state index contributed by atoms with van der Waals surface area (Å²) in [7, 11) is 3.63. The van der Waals surface area contributed by atoms with Crippen LogP contribution in [0, 0.1) is 0 Å². The SMILES string of the molecule is COc1ccc(-c2c(-c3ccccc3)sc(=NC(=O)C(c3ccccc3)c3ccccc3)n2C)cc1. The van der Waals surface area contributed by atoms with E-state index in [2.05, 4.69) is 12.1 Å². The Kier molecular flexibility index (Phi) is 6.92. The van der Waals surface area contributed by atoms with Gasteiger partial charge in [-0.25, -0.2) is 0 Å². The van der Waals surface area contributed by atoms with E-state index >= 15 is 0 Å². The summed E-state index contributed by atoms with van der Waals surface area (Å²) in [6, 6.07) is 37.9. The van der Waals surface area contributed by atoms with Crippen molar-refractivity contribution in [1.82, 2.24) is 4.57 Å². The predicted molar refractivity (Wildman–Crippen MR) is 146 cm³/mol. The first-order chi connectivity index (χ1) is 17.7. The number of carbonyl (C=O) groups is 1. The molecule has 0 unspecified atom stereocenters. The average molecular weight is 491 g/mol. The molecule has 0 N–H and O–H groups in total. The van der Waals surface area contributed by atoms with E-state index in [1.54, 1.807) is 7.11 Å². The summed E-state index contributed by atoms with van der Waals surface area (Å²) >= 11 is 1.52. The van der Waals surface area contributed by atoms with Gasteiger partial charge >= 0.3 is 0 Å². The maximum atomic E-state index is 13.8. The van der Waals surface area contributed by atoms with Gasteiger partial charge in [0.2, 0.25) is 0 Å². The summed E-state index contributed by atoms with van der Waals surface area (Å²) in [6.45, 7) is 0. The van der Waals surface area contributed by atoms with E-state index < -0.39 is 5.92 Å². The van der Waals surface area contributed by atoms with Crippen LogP contribution in [0.15, 0.2) is 120 Å². The maximum absolute atomic E-state index is 13.8. The molecule has 0 fully saturated rings. The number of methoxy groups -OCH3 is 1. The Bertz CT molecular complexity index is 1480. The van der Waals surface area contributed by atoms with Crippen LogP contribution in [0.5, 0.6) is 5.75 Å². The Hall–Kier alpha value is -4.22. The molecule has 4 aromatic carbocycles. The molecule has 0 atom stereocenters. The molecule has 0 spiro atoms. The lowest BCUT2D eigenvalue weighted by atomic mass is 9.91. The molecule has 0 bridgehead atoms. The van der Waals surface area contributed by atoms with Crippen molar-refractivity contribution in [3.05, 3.63) is 131 Å². The van der Waals surface area contributed by atoms with Crippen molar-refractivity contribution in [2.45, 2.75) is 5.92 Å². The topological polar surface area (TPSA) is 43.6 Å². The van der Waals surface area contributed by atoms with Crippen LogP contribution in [-0.2, 0) is 11.8 Å². The Balaban J connectivity index is 1.66. The van der Waals surface area contributed by atoms with Gasteiger partial charge in [-0.3, -0.25) is 4.79 Å². The van der Waals surface area contributed by atoms with E-state index in [0.29, 0.717) is 4.80 Å². The molecule has 0 radical (unpaired) electrons. The first-order valence-electron chi connectivity index (χ1n) is 11.7. The van der Waals surface area contributed by atoms with Gasteiger partial charge in [0.15, 0.2) is 4.80 Å². The van der Waals surface area contributed by atoms with Gasteiger partial charge in [0.1, 0.15) is 5.75 Å². The maximum Gasteiger partial charge on any atom is 0.260 e. The van der Waals surface area contributed by atoms with Crippen LogP contribution >= 0.6 is 11.3 Å². The number of hydrogen-bond donors (Lipinski definition) is 0. The molecule has 5 aromatic rings. The molecule has 1 heterocycles. The summed E-state index contributed by atoms with van der Waals surface area (Å²) in [4.78, 5) is 20.2. The lowest BCUT2D eigenvalue weighted by Gasteiger charge is -2.14. The van der Waals surface area contributed by atoms with Gasteiger partial charge in [-0.2, -0.15) is 4.99 Å². The van der Waals surface area contributed by atoms with Gasteiger partial charge < -0.3 is 9.30 Å². The van der Waals surface area contributed by atoms with Crippen molar-refractivity contribution in [3.8, 4) is 27.4 Å². The first-order valence-corrected chi connectivity index (χ1v) is 12.6. The standard InChI is InChI=1S/C31H26N2O2S/c1-33-28(24-18-20-26(35-2)21-19-24)29(25-16-10-5-11-17-25)36-31(33)32-30(34)27(22-12-6-3-7-13-22)23-14-8-4-9-15-23/h3-21,27H,1-2H3. The van der Waals surface area contributed by atoms with Crippen molar-refractivity contribution in [2.75, 3.05) is 7.11 Å². The van der Waals surface area contributed by atoms with E-state index in [4.69, 9.17) is 9.73 Å². The summed E-state index contributed by atoms with van der Waals surface area (Å²) in [5, 5.41) is 0. The van der Waals surface area contributed by atoms with Crippen LogP contribution in [0.3, 0.4) is 0 Å². The van der Waals surface area contributed by atoms with E-state index in [-0.39, 0.29) is 5.91 Å². The molecule has 1 amide bonds. The van der Waals surface area contributed by atoms with Crippen molar-refractivity contribution in [1.29, 1.82) is 0 Å². The molecule has 0 aliphatic heterocycles. The highest BCUT2D eigenvalue weighted by molar-refractivity contribution is 7.13. The Morgan fingerprint density at radius 3 is 1.81 bits per heavy atom. The number of hydrogen-bond acceptors (Lipinski definition) is 3. The molecule has 0 saturated carbocycles. The molecule has 4 nitrogen and oxygen atoms in total. The van der Waals surface area contributed by atoms with Crippen molar-refractivity contribution in [2.24, 2.45) is 12.0 Å². The molecule has 5 rings (SSSR count). The Morgan fingerprint density at radius 1 is 0.750 bits per heavy atom. The second-order valence-corrected chi connectivity index (χ2v) is 9.40. The molecular formula is C31H26N2O2S. The smallest absolute Gasteiger partial charge is 0.260 e. The molecule has 0 aliphatic carbocycles. The summed E-state index contributed by atoms with van der Waals surface area (Å²) < 4.78 is 7.36. The van der Waals surface area contributed by atoms with Gasteiger partial charge in [0.05, 0.1) is 23.6 Å². The zero-order valence-electron chi connectivity index (χ0n) is 20.2. The second kappa shape index (κ2) is 10.6. The number of rotatable bonds is 6. The monoisotopic (exact) mass is 490 g/mol. The molecule has 178 valence electrons. The van der Waals surface area contributed by atoms with Gasteiger partial charge in [0.25, 0.3) is 5.91 Å². The highest BCUT2D eigenvalue weighted by atomic mass is 32.1. The number of carbonyl (C=O) groups excluding carboxylic acids is 1. The minimum absolute atomic E-state index is 0.190. The van der Waals surface area contributed by atoms with Gasteiger partial charge in [-0.15, -0.1) is 0 Å². The summed E-state index contributed by atoms with van der Waals surface area (Å²) in [6.07, 6.45) is 0. The van der Waals surface area contributed by atoms with Crippen LogP contribution in [0.25, 0.3) is 21.7 Å². The lowest BCUT2D eigenvalue weighted by molar-refractivity contribution is -0.118. The van der Waals surface area contributed by atoms with E-state index in [1.165, 1.54) is 11.3 Å². The summed E-state index contributed by atoms with van der Waals surface area (Å²) in [5.41, 5.74) is 4.98. The zero-order valence-corrected chi connectivity index (χ0v) is 21.0. The van der Waals surface area contributed by atoms with Crippen LogP contribution in [-0.4, -0.2) is 17.6 Å². The van der Waals surface area contributed by atoms with E-state index in [9.17, 15) is 4.79 Å². The van der Waals surface area contributed by atoms with Crippen LogP contribution in [0.2, 0.25) is 0 Å². The number of amides is 1. The average Bonchev–Trinajstić information content (AvgIpc) is 3.26. The third-order valence-electron chi connectivity index (χ3n) is 6.15. The second-order valence-electron chi connectivity index (χ2n) is 8.42. The highest BCUT2D eigenvalue weighted by Gasteiger charge is 2.23. The van der Waals surface area contributed by atoms with Crippen molar-refractivity contribution >= 4 is 17.2 Å². The number of nitrogens with zero attached hydrogens (tertiary/aromatic N) is 2. The number of benzene rings is 4. The first kappa shape index (κ1) is 23.5. The van der Waals surface area contributed by atoms with Crippen LogP contribution < -0.4 is 9.54 Å². The number of aromatic nitrogens is 1. The summed E-state index contributed by atoms with van der Waals surface area (Å²) in [5.74, 6) is 0.135. The largest absolute Gasteiger partial charge is 0.497 e. The van der Waals surface area contributed by atoms with Gasteiger partial charge in [-0.1, -0.05) is 102 Å². The fourth-order valence-electron chi connectivity index (χ4n) is 4.34. The van der Waals surface area contributed by atoms with Crippen molar-refractivity contribution in [3.63, 3.8) is 0 Å². The molecular weight excluding hydrogens is 464 g/mol. The van der Waals surface area contributed by atoms with Gasteiger partial charge in [0, 0.05) is 7.05 Å². The quantitative estimate of drug-likeness (QED) is 0.266. The van der Waals surface area contributed by atoms with Crippen molar-refractivity contribution < 1.29 is 9.53 Å². The van der Waals surface area contributed by atoms with Crippen LogP contribution in [0.1, 0.15) is 17.0 Å². The predicted octanol–water partition coefficient (Wildman–Crippen LogP) is 6.69. The van der Waals surface area contributed by atoms with Gasteiger partial charge in [-0.05, 0) is 46.5 Å². The Morgan fingerprint density at radius 2 is 1.28 bits per heavy atom. The fraction of sp³-hybridized carbons (Fsp3) is 0.0968. The molecule has 36 heavy (non-hydrogen) atoms. The number of thiazole rings is 1. The highest BCUT2D eigenvalue weighted by Crippen LogP contribution is 2.35. The third kappa shape index (κ3) is 4.79. The number of ether oxygens (including phenoxy) is 1. The zero-order chi connectivity index (χ0) is 24.9. The van der Waals surface area contributed by atoms with E-state index in [1.807, 2.05) is 115 Å².